The Balaban J connectivity index is 2.99. The number of hydrogen-bond donors (Lipinski definition) is 0. The van der Waals surface area contributed by atoms with Crippen molar-refractivity contribution in [2.75, 3.05) is 21.3 Å². The second-order valence-electron chi connectivity index (χ2n) is 4.33. The third kappa shape index (κ3) is 3.40. The maximum Gasteiger partial charge on any atom is 0.246 e. The second kappa shape index (κ2) is 5.77. The van der Waals surface area contributed by atoms with E-state index in [1.54, 1.807) is 7.11 Å². The number of ether oxygens (including phenoxy) is 3. The molecular formula is C12H18N2O4. The molecule has 100 valence electrons. The molecule has 0 aliphatic rings. The Labute approximate surface area is 106 Å². The van der Waals surface area contributed by atoms with Crippen LogP contribution in [0.3, 0.4) is 0 Å². The van der Waals surface area contributed by atoms with Crippen LogP contribution in [0.4, 0.5) is 0 Å². The summed E-state index contributed by atoms with van der Waals surface area (Å²) in [5.41, 5.74) is -0.368. The minimum Gasteiger partial charge on any atom is -0.480 e. The first-order valence-electron chi connectivity index (χ1n) is 5.47. The largest absolute Gasteiger partial charge is 0.480 e. The van der Waals surface area contributed by atoms with Gasteiger partial charge in [0.25, 0.3) is 0 Å². The van der Waals surface area contributed by atoms with Gasteiger partial charge < -0.3 is 14.2 Å². The van der Waals surface area contributed by atoms with E-state index in [0.29, 0.717) is 5.88 Å². The van der Waals surface area contributed by atoms with E-state index in [1.807, 2.05) is 13.8 Å². The van der Waals surface area contributed by atoms with Gasteiger partial charge in [0.1, 0.15) is 0 Å². The topological polar surface area (TPSA) is 70.5 Å². The summed E-state index contributed by atoms with van der Waals surface area (Å²) in [6, 6.07) is 0. The molecule has 0 atom stereocenters. The lowest BCUT2D eigenvalue weighted by molar-refractivity contribution is 0.0169. The summed E-state index contributed by atoms with van der Waals surface area (Å²) in [6.45, 7) is 3.66. The number of carbonyl (C=O) groups excluding carboxylic acids is 1. The van der Waals surface area contributed by atoms with Crippen LogP contribution in [0.25, 0.3) is 0 Å². The van der Waals surface area contributed by atoms with Crippen molar-refractivity contribution < 1.29 is 19.0 Å². The predicted molar refractivity (Wildman–Crippen MR) is 65.2 cm³/mol. The zero-order chi connectivity index (χ0) is 13.8. The Morgan fingerprint density at radius 3 is 2.44 bits per heavy atom. The number of carbonyl (C=O) groups is 1. The van der Waals surface area contributed by atoms with Gasteiger partial charge in [-0.15, -0.1) is 0 Å². The second-order valence-corrected chi connectivity index (χ2v) is 4.33. The average molecular weight is 254 g/mol. The number of aromatic nitrogens is 2. The van der Waals surface area contributed by atoms with E-state index in [0.717, 1.165) is 0 Å². The molecule has 6 nitrogen and oxygen atoms in total. The Bertz CT molecular complexity index is 432. The fourth-order valence-electron chi connectivity index (χ4n) is 1.33. The lowest BCUT2D eigenvalue weighted by Gasteiger charge is -2.21. The molecule has 6 heteroatoms. The van der Waals surface area contributed by atoms with E-state index in [9.17, 15) is 4.79 Å². The Morgan fingerprint density at radius 1 is 1.28 bits per heavy atom. The lowest BCUT2D eigenvalue weighted by Crippen LogP contribution is -2.27. The standard InChI is InChI=1S/C12H18N2O4/c1-12(2,18-5)6-8(15)10-11(17-4)14-9(16-3)7-13-10/h7H,6H2,1-5H3. The first kappa shape index (κ1) is 14.4. The third-order valence-corrected chi connectivity index (χ3v) is 2.52. The fraction of sp³-hybridized carbons (Fsp3) is 0.583. The quantitative estimate of drug-likeness (QED) is 0.716. The van der Waals surface area contributed by atoms with E-state index in [2.05, 4.69) is 9.97 Å². The number of hydrogen-bond acceptors (Lipinski definition) is 6. The normalized spacial score (nSPS) is 11.2. The molecule has 0 saturated heterocycles. The fourth-order valence-corrected chi connectivity index (χ4v) is 1.33. The number of rotatable bonds is 6. The molecule has 0 N–H and O–H groups in total. The predicted octanol–water partition coefficient (Wildman–Crippen LogP) is 1.49. The van der Waals surface area contributed by atoms with Crippen LogP contribution in [-0.4, -0.2) is 42.7 Å². The van der Waals surface area contributed by atoms with E-state index in [4.69, 9.17) is 14.2 Å². The maximum atomic E-state index is 12.1. The molecule has 0 unspecified atom stereocenters. The van der Waals surface area contributed by atoms with Gasteiger partial charge in [0.15, 0.2) is 11.5 Å². The number of Topliss-reactive ketones (excluding diaryl/α,β-unsaturated/α-hetero) is 1. The van der Waals surface area contributed by atoms with E-state index >= 15 is 0 Å². The van der Waals surface area contributed by atoms with Gasteiger partial charge in [-0.2, -0.15) is 4.98 Å². The lowest BCUT2D eigenvalue weighted by atomic mass is 10.00. The van der Waals surface area contributed by atoms with Crippen LogP contribution in [0.2, 0.25) is 0 Å². The number of methoxy groups -OCH3 is 3. The van der Waals surface area contributed by atoms with Crippen LogP contribution in [0, 0.1) is 0 Å². The Kier molecular flexibility index (Phi) is 4.61. The van der Waals surface area contributed by atoms with Gasteiger partial charge in [-0.25, -0.2) is 4.98 Å². The summed E-state index contributed by atoms with van der Waals surface area (Å²) in [7, 11) is 4.46. The molecule has 0 aromatic carbocycles. The van der Waals surface area contributed by atoms with Crippen LogP contribution in [0.5, 0.6) is 11.8 Å². The van der Waals surface area contributed by atoms with E-state index in [1.165, 1.54) is 20.4 Å². The zero-order valence-electron chi connectivity index (χ0n) is 11.3. The van der Waals surface area contributed by atoms with E-state index < -0.39 is 5.60 Å². The van der Waals surface area contributed by atoms with Crippen molar-refractivity contribution in [2.45, 2.75) is 25.9 Å². The SMILES string of the molecule is COc1cnc(C(=O)CC(C)(C)OC)c(OC)n1. The number of nitrogens with zero attached hydrogens (tertiary/aromatic N) is 2. The van der Waals surface area contributed by atoms with Crippen LogP contribution in [-0.2, 0) is 4.74 Å². The first-order valence-corrected chi connectivity index (χ1v) is 5.47. The van der Waals surface area contributed by atoms with Crippen molar-refractivity contribution in [3.63, 3.8) is 0 Å². The zero-order valence-corrected chi connectivity index (χ0v) is 11.3. The molecular weight excluding hydrogens is 236 g/mol. The van der Waals surface area contributed by atoms with E-state index in [-0.39, 0.29) is 23.8 Å². The summed E-state index contributed by atoms with van der Waals surface area (Å²) in [6.07, 6.45) is 1.58. The van der Waals surface area contributed by atoms with Gasteiger partial charge >= 0.3 is 0 Å². The van der Waals surface area contributed by atoms with Gasteiger partial charge in [-0.05, 0) is 13.8 Å². The van der Waals surface area contributed by atoms with Crippen molar-refractivity contribution in [3.05, 3.63) is 11.9 Å². The molecule has 0 fully saturated rings. The van der Waals surface area contributed by atoms with Gasteiger partial charge in [-0.3, -0.25) is 4.79 Å². The van der Waals surface area contributed by atoms with Crippen molar-refractivity contribution in [3.8, 4) is 11.8 Å². The summed E-state index contributed by atoms with van der Waals surface area (Å²) in [5.74, 6) is 0.273. The summed E-state index contributed by atoms with van der Waals surface area (Å²) in [5, 5.41) is 0. The summed E-state index contributed by atoms with van der Waals surface area (Å²) < 4.78 is 15.2. The highest BCUT2D eigenvalue weighted by molar-refractivity contribution is 5.96. The molecule has 1 rings (SSSR count). The Morgan fingerprint density at radius 2 is 1.94 bits per heavy atom. The van der Waals surface area contributed by atoms with Crippen molar-refractivity contribution in [2.24, 2.45) is 0 Å². The molecule has 0 aliphatic heterocycles. The van der Waals surface area contributed by atoms with Crippen LogP contribution in [0.15, 0.2) is 6.20 Å². The highest BCUT2D eigenvalue weighted by Crippen LogP contribution is 2.22. The summed E-state index contributed by atoms with van der Waals surface area (Å²) in [4.78, 5) is 20.1. The molecule has 0 bridgehead atoms. The molecule has 0 saturated carbocycles. The molecule has 18 heavy (non-hydrogen) atoms. The molecule has 1 aromatic rings. The highest BCUT2D eigenvalue weighted by atomic mass is 16.5. The molecule has 1 aromatic heterocycles. The van der Waals surface area contributed by atoms with Crippen LogP contribution < -0.4 is 9.47 Å². The smallest absolute Gasteiger partial charge is 0.246 e. The minimum absolute atomic E-state index is 0.159. The highest BCUT2D eigenvalue weighted by Gasteiger charge is 2.25. The van der Waals surface area contributed by atoms with Gasteiger partial charge in [0.2, 0.25) is 11.8 Å². The van der Waals surface area contributed by atoms with Gasteiger partial charge in [-0.1, -0.05) is 0 Å². The van der Waals surface area contributed by atoms with Crippen molar-refractivity contribution in [1.82, 2.24) is 9.97 Å². The van der Waals surface area contributed by atoms with Crippen LogP contribution >= 0.6 is 0 Å². The van der Waals surface area contributed by atoms with Crippen molar-refractivity contribution >= 4 is 5.78 Å². The molecule has 0 amide bonds. The molecule has 0 spiro atoms. The molecule has 1 heterocycles. The number of ketones is 1. The first-order chi connectivity index (χ1) is 8.43. The molecule has 0 aliphatic carbocycles. The van der Waals surface area contributed by atoms with Crippen molar-refractivity contribution in [1.29, 1.82) is 0 Å². The Hall–Kier alpha value is -1.69. The van der Waals surface area contributed by atoms with Gasteiger partial charge in [0, 0.05) is 13.5 Å². The maximum absolute atomic E-state index is 12.1. The third-order valence-electron chi connectivity index (χ3n) is 2.52. The van der Waals surface area contributed by atoms with Crippen LogP contribution in [0.1, 0.15) is 30.8 Å². The minimum atomic E-state index is -0.552. The van der Waals surface area contributed by atoms with Gasteiger partial charge in [0.05, 0.1) is 26.0 Å². The summed E-state index contributed by atoms with van der Waals surface area (Å²) >= 11 is 0. The monoisotopic (exact) mass is 254 g/mol. The molecule has 0 radical (unpaired) electrons. The average Bonchev–Trinajstić information content (AvgIpc) is 2.37.